The summed E-state index contributed by atoms with van der Waals surface area (Å²) in [7, 11) is 0. The average Bonchev–Trinajstić information content (AvgIpc) is 2.70. The molecule has 0 atom stereocenters. The van der Waals surface area contributed by atoms with Crippen LogP contribution >= 0.6 is 0 Å². The van der Waals surface area contributed by atoms with Gasteiger partial charge in [-0.15, -0.1) is 0 Å². The fraction of sp³-hybridized carbons (Fsp3) is 0.136. The van der Waals surface area contributed by atoms with Gasteiger partial charge in [0.05, 0.1) is 35.3 Å². The lowest BCUT2D eigenvalue weighted by atomic mass is 10.1. The van der Waals surface area contributed by atoms with Gasteiger partial charge in [-0.2, -0.15) is 0 Å². The van der Waals surface area contributed by atoms with Gasteiger partial charge in [-0.1, -0.05) is 29.8 Å². The largest absolute Gasteiger partial charge is 0.462 e. The minimum Gasteiger partial charge on any atom is -0.462 e. The van der Waals surface area contributed by atoms with Gasteiger partial charge in [0.2, 0.25) is 0 Å². The number of rotatable bonds is 6. The topological polar surface area (TPSA) is 80.3 Å². The normalized spacial score (nSPS) is 10.2. The third-order valence-electron chi connectivity index (χ3n) is 4.01. The number of esters is 1. The van der Waals surface area contributed by atoms with Crippen LogP contribution in [0.15, 0.2) is 67.0 Å². The van der Waals surface area contributed by atoms with Crippen molar-refractivity contribution in [1.29, 1.82) is 0 Å². The Bertz CT molecular complexity index is 984. The molecular weight excluding hydrogens is 354 g/mol. The van der Waals surface area contributed by atoms with Crippen LogP contribution in [0.4, 0.5) is 17.1 Å². The van der Waals surface area contributed by atoms with Gasteiger partial charge >= 0.3 is 5.97 Å². The van der Waals surface area contributed by atoms with Crippen LogP contribution in [0.2, 0.25) is 0 Å². The number of benzene rings is 2. The van der Waals surface area contributed by atoms with E-state index in [2.05, 4.69) is 15.6 Å². The summed E-state index contributed by atoms with van der Waals surface area (Å²) in [5.74, 6) is -0.675. The molecule has 6 nitrogen and oxygen atoms in total. The first kappa shape index (κ1) is 19.1. The Kier molecular flexibility index (Phi) is 6.01. The van der Waals surface area contributed by atoms with E-state index < -0.39 is 5.97 Å². The van der Waals surface area contributed by atoms with Crippen LogP contribution in [0.1, 0.15) is 33.2 Å². The summed E-state index contributed by atoms with van der Waals surface area (Å²) < 4.78 is 5.08. The molecule has 0 unspecified atom stereocenters. The van der Waals surface area contributed by atoms with Crippen molar-refractivity contribution >= 4 is 28.9 Å². The van der Waals surface area contributed by atoms with E-state index in [0.717, 1.165) is 5.56 Å². The molecule has 0 aliphatic rings. The number of hydrogen-bond donors (Lipinski definition) is 2. The fourth-order valence-electron chi connectivity index (χ4n) is 2.61. The van der Waals surface area contributed by atoms with E-state index in [-0.39, 0.29) is 5.91 Å². The second-order valence-corrected chi connectivity index (χ2v) is 6.17. The van der Waals surface area contributed by atoms with E-state index in [1.54, 1.807) is 37.4 Å². The molecule has 1 amide bonds. The highest BCUT2D eigenvalue weighted by Crippen LogP contribution is 2.22. The van der Waals surface area contributed by atoms with Gasteiger partial charge in [-0.3, -0.25) is 9.78 Å². The van der Waals surface area contributed by atoms with Crippen molar-refractivity contribution in [1.82, 2.24) is 4.98 Å². The quantitative estimate of drug-likeness (QED) is 0.617. The van der Waals surface area contributed by atoms with Crippen LogP contribution in [-0.4, -0.2) is 23.5 Å². The standard InChI is InChI=1S/C22H21N3O3/c1-3-28-22(27)19-6-4-5-7-20(19)24-18-12-16(13-23-14-18)21(26)25-17-10-8-15(2)9-11-17/h4-14,24H,3H2,1-2H3,(H,25,26). The maximum atomic E-state index is 12.5. The lowest BCUT2D eigenvalue weighted by Gasteiger charge is -2.12. The van der Waals surface area contributed by atoms with Crippen LogP contribution in [0.25, 0.3) is 0 Å². The summed E-state index contributed by atoms with van der Waals surface area (Å²) in [6, 6.07) is 16.3. The van der Waals surface area contributed by atoms with Gasteiger partial charge in [0.25, 0.3) is 5.91 Å². The van der Waals surface area contributed by atoms with E-state index >= 15 is 0 Å². The number of amides is 1. The van der Waals surface area contributed by atoms with Gasteiger partial charge in [0.15, 0.2) is 0 Å². The number of ether oxygens (including phenoxy) is 1. The molecule has 28 heavy (non-hydrogen) atoms. The molecule has 0 fully saturated rings. The molecule has 0 radical (unpaired) electrons. The van der Waals surface area contributed by atoms with Crippen LogP contribution in [0.5, 0.6) is 0 Å². The molecule has 0 bridgehead atoms. The molecule has 0 saturated heterocycles. The van der Waals surface area contributed by atoms with Crippen molar-refractivity contribution in [3.63, 3.8) is 0 Å². The summed E-state index contributed by atoms with van der Waals surface area (Å²) in [6.45, 7) is 4.04. The Hall–Kier alpha value is -3.67. The summed E-state index contributed by atoms with van der Waals surface area (Å²) >= 11 is 0. The van der Waals surface area contributed by atoms with E-state index in [0.29, 0.717) is 34.8 Å². The number of anilines is 3. The Labute approximate surface area is 163 Å². The van der Waals surface area contributed by atoms with E-state index in [4.69, 9.17) is 4.74 Å². The van der Waals surface area contributed by atoms with Crippen LogP contribution in [-0.2, 0) is 4.74 Å². The van der Waals surface area contributed by atoms with Gasteiger partial charge < -0.3 is 15.4 Å². The zero-order valence-electron chi connectivity index (χ0n) is 15.7. The van der Waals surface area contributed by atoms with Crippen molar-refractivity contribution in [3.05, 3.63) is 83.7 Å². The first-order valence-corrected chi connectivity index (χ1v) is 8.93. The maximum absolute atomic E-state index is 12.5. The lowest BCUT2D eigenvalue weighted by Crippen LogP contribution is -2.13. The molecule has 1 aromatic heterocycles. The van der Waals surface area contributed by atoms with E-state index in [9.17, 15) is 9.59 Å². The highest BCUT2D eigenvalue weighted by Gasteiger charge is 2.13. The zero-order chi connectivity index (χ0) is 19.9. The molecule has 1 heterocycles. The van der Waals surface area contributed by atoms with Gasteiger partial charge in [-0.05, 0) is 44.2 Å². The smallest absolute Gasteiger partial charge is 0.340 e. The molecule has 0 saturated carbocycles. The second kappa shape index (κ2) is 8.81. The van der Waals surface area contributed by atoms with Crippen molar-refractivity contribution in [2.45, 2.75) is 13.8 Å². The number of carbonyl (C=O) groups is 2. The van der Waals surface area contributed by atoms with Crippen molar-refractivity contribution in [3.8, 4) is 0 Å². The van der Waals surface area contributed by atoms with Gasteiger partial charge in [0.1, 0.15) is 0 Å². The summed E-state index contributed by atoms with van der Waals surface area (Å²) in [4.78, 5) is 28.8. The third-order valence-corrected chi connectivity index (χ3v) is 4.01. The average molecular weight is 375 g/mol. The first-order chi connectivity index (χ1) is 13.6. The monoisotopic (exact) mass is 375 g/mol. The minimum absolute atomic E-state index is 0.265. The summed E-state index contributed by atoms with van der Waals surface area (Å²) in [5, 5.41) is 5.98. The molecule has 3 rings (SSSR count). The molecule has 6 heteroatoms. The minimum atomic E-state index is -0.410. The van der Waals surface area contributed by atoms with Crippen LogP contribution in [0.3, 0.4) is 0 Å². The molecule has 0 aliphatic heterocycles. The number of carbonyl (C=O) groups excluding carboxylic acids is 2. The Balaban J connectivity index is 1.78. The molecule has 142 valence electrons. The number of para-hydroxylation sites is 1. The molecular formula is C22H21N3O3. The Morgan fingerprint density at radius 1 is 1.00 bits per heavy atom. The molecule has 0 spiro atoms. The molecule has 3 aromatic rings. The number of hydrogen-bond acceptors (Lipinski definition) is 5. The predicted molar refractivity (Wildman–Crippen MR) is 109 cm³/mol. The Morgan fingerprint density at radius 3 is 2.50 bits per heavy atom. The zero-order valence-corrected chi connectivity index (χ0v) is 15.7. The van der Waals surface area contributed by atoms with E-state index in [1.807, 2.05) is 37.3 Å². The molecule has 2 N–H and O–H groups in total. The summed E-state index contributed by atoms with van der Waals surface area (Å²) in [5.41, 5.74) is 3.82. The number of aryl methyl sites for hydroxylation is 1. The molecule has 2 aromatic carbocycles. The lowest BCUT2D eigenvalue weighted by molar-refractivity contribution is 0.0527. The third kappa shape index (κ3) is 4.73. The fourth-order valence-corrected chi connectivity index (χ4v) is 2.61. The van der Waals surface area contributed by atoms with Gasteiger partial charge in [-0.25, -0.2) is 4.79 Å². The van der Waals surface area contributed by atoms with Crippen molar-refractivity contribution in [2.75, 3.05) is 17.2 Å². The van der Waals surface area contributed by atoms with Gasteiger partial charge in [0, 0.05) is 11.9 Å². The first-order valence-electron chi connectivity index (χ1n) is 8.93. The van der Waals surface area contributed by atoms with Crippen molar-refractivity contribution < 1.29 is 14.3 Å². The van der Waals surface area contributed by atoms with Crippen LogP contribution < -0.4 is 10.6 Å². The van der Waals surface area contributed by atoms with Crippen molar-refractivity contribution in [2.24, 2.45) is 0 Å². The number of nitrogens with one attached hydrogen (secondary N) is 2. The summed E-state index contributed by atoms with van der Waals surface area (Å²) in [6.07, 6.45) is 3.08. The highest BCUT2D eigenvalue weighted by molar-refractivity contribution is 6.04. The highest BCUT2D eigenvalue weighted by atomic mass is 16.5. The number of nitrogens with zero attached hydrogens (tertiary/aromatic N) is 1. The van der Waals surface area contributed by atoms with Crippen LogP contribution in [0, 0.1) is 6.92 Å². The van der Waals surface area contributed by atoms with E-state index in [1.165, 1.54) is 6.20 Å². The number of aromatic nitrogens is 1. The number of pyridine rings is 1. The second-order valence-electron chi connectivity index (χ2n) is 6.17. The Morgan fingerprint density at radius 2 is 1.75 bits per heavy atom. The predicted octanol–water partition coefficient (Wildman–Crippen LogP) is 4.56. The maximum Gasteiger partial charge on any atom is 0.340 e. The molecule has 0 aliphatic carbocycles. The SMILES string of the molecule is CCOC(=O)c1ccccc1Nc1cncc(C(=O)Nc2ccc(C)cc2)c1.